The van der Waals surface area contributed by atoms with Crippen LogP contribution in [0.15, 0.2) is 30.3 Å². The van der Waals surface area contributed by atoms with Gasteiger partial charge in [0.25, 0.3) is 0 Å². The van der Waals surface area contributed by atoms with Crippen molar-refractivity contribution in [1.29, 1.82) is 0 Å². The topological polar surface area (TPSA) is 49.3 Å². The van der Waals surface area contributed by atoms with Crippen molar-refractivity contribution >= 4 is 5.91 Å². The normalized spacial score (nSPS) is 16.7. The Balaban J connectivity index is 1.78. The SMILES string of the molecule is O=C(NCCC(CCO)c1ccccc1)C1CCC1. The van der Waals surface area contributed by atoms with Crippen LogP contribution in [0, 0.1) is 5.92 Å². The van der Waals surface area contributed by atoms with Crippen molar-refractivity contribution in [1.82, 2.24) is 5.32 Å². The van der Waals surface area contributed by atoms with Crippen molar-refractivity contribution < 1.29 is 9.90 Å². The standard InChI is InChI=1S/C16H23NO2/c18-12-10-14(13-5-2-1-3-6-13)9-11-17-16(19)15-7-4-8-15/h1-3,5-6,14-15,18H,4,7-12H2,(H,17,19). The number of hydrogen-bond donors (Lipinski definition) is 2. The lowest BCUT2D eigenvalue weighted by Crippen LogP contribution is -2.35. The quantitative estimate of drug-likeness (QED) is 0.792. The van der Waals surface area contributed by atoms with Crippen molar-refractivity contribution in [2.75, 3.05) is 13.2 Å². The number of aliphatic hydroxyl groups excluding tert-OH is 1. The second-order valence-electron chi connectivity index (χ2n) is 5.33. The smallest absolute Gasteiger partial charge is 0.223 e. The molecule has 1 fully saturated rings. The van der Waals surface area contributed by atoms with Gasteiger partial charge in [0, 0.05) is 19.1 Å². The van der Waals surface area contributed by atoms with Gasteiger partial charge in [0.2, 0.25) is 5.91 Å². The van der Waals surface area contributed by atoms with Gasteiger partial charge >= 0.3 is 0 Å². The first kappa shape index (κ1) is 14.1. The van der Waals surface area contributed by atoms with Crippen LogP contribution in [0.2, 0.25) is 0 Å². The third kappa shape index (κ3) is 4.06. The zero-order chi connectivity index (χ0) is 13.5. The Morgan fingerprint density at radius 1 is 1.26 bits per heavy atom. The molecule has 2 N–H and O–H groups in total. The van der Waals surface area contributed by atoms with Gasteiger partial charge in [0.05, 0.1) is 0 Å². The molecule has 0 aliphatic heterocycles. The van der Waals surface area contributed by atoms with Crippen LogP contribution >= 0.6 is 0 Å². The molecular weight excluding hydrogens is 238 g/mol. The van der Waals surface area contributed by atoms with Gasteiger partial charge in [-0.1, -0.05) is 36.8 Å². The molecule has 1 aromatic rings. The fourth-order valence-electron chi connectivity index (χ4n) is 2.54. The average Bonchev–Trinajstić information content (AvgIpc) is 2.37. The molecule has 0 spiro atoms. The molecule has 1 unspecified atom stereocenters. The highest BCUT2D eigenvalue weighted by Crippen LogP contribution is 2.26. The van der Waals surface area contributed by atoms with Crippen molar-refractivity contribution in [2.45, 2.75) is 38.0 Å². The molecule has 19 heavy (non-hydrogen) atoms. The van der Waals surface area contributed by atoms with Crippen molar-refractivity contribution in [3.05, 3.63) is 35.9 Å². The molecule has 3 nitrogen and oxygen atoms in total. The van der Waals surface area contributed by atoms with Gasteiger partial charge in [-0.2, -0.15) is 0 Å². The highest BCUT2D eigenvalue weighted by molar-refractivity contribution is 5.79. The lowest BCUT2D eigenvalue weighted by molar-refractivity contribution is -0.127. The predicted molar refractivity (Wildman–Crippen MR) is 75.9 cm³/mol. The largest absolute Gasteiger partial charge is 0.396 e. The number of benzene rings is 1. The molecular formula is C16H23NO2. The van der Waals surface area contributed by atoms with E-state index in [2.05, 4.69) is 17.4 Å². The summed E-state index contributed by atoms with van der Waals surface area (Å²) < 4.78 is 0. The third-order valence-corrected chi connectivity index (χ3v) is 4.02. The zero-order valence-corrected chi connectivity index (χ0v) is 11.3. The minimum Gasteiger partial charge on any atom is -0.396 e. The first-order chi connectivity index (χ1) is 9.31. The zero-order valence-electron chi connectivity index (χ0n) is 11.3. The summed E-state index contributed by atoms with van der Waals surface area (Å²) in [5.74, 6) is 0.794. The van der Waals surface area contributed by atoms with E-state index in [4.69, 9.17) is 5.11 Å². The molecule has 104 valence electrons. The van der Waals surface area contributed by atoms with Gasteiger partial charge in [-0.15, -0.1) is 0 Å². The lowest BCUT2D eigenvalue weighted by atomic mass is 9.84. The molecule has 0 aromatic heterocycles. The van der Waals surface area contributed by atoms with Crippen molar-refractivity contribution in [2.24, 2.45) is 5.92 Å². The number of carbonyl (C=O) groups excluding carboxylic acids is 1. The van der Waals surface area contributed by atoms with Crippen molar-refractivity contribution in [3.63, 3.8) is 0 Å². The number of aliphatic hydroxyl groups is 1. The fourth-order valence-corrected chi connectivity index (χ4v) is 2.54. The Bertz CT molecular complexity index is 387. The first-order valence-electron chi connectivity index (χ1n) is 7.24. The van der Waals surface area contributed by atoms with Crippen LogP contribution in [0.4, 0.5) is 0 Å². The van der Waals surface area contributed by atoms with Gasteiger partial charge in [-0.25, -0.2) is 0 Å². The van der Waals surface area contributed by atoms with E-state index in [1.807, 2.05) is 18.2 Å². The van der Waals surface area contributed by atoms with Gasteiger partial charge in [0.15, 0.2) is 0 Å². The molecule has 1 aliphatic rings. The van der Waals surface area contributed by atoms with Crippen LogP contribution in [0.5, 0.6) is 0 Å². The Kier molecular flexibility index (Phi) is 5.40. The summed E-state index contributed by atoms with van der Waals surface area (Å²) in [5.41, 5.74) is 1.24. The van der Waals surface area contributed by atoms with Gasteiger partial charge in [0.1, 0.15) is 0 Å². The Morgan fingerprint density at radius 3 is 2.58 bits per heavy atom. The minimum atomic E-state index is 0.191. The molecule has 1 saturated carbocycles. The highest BCUT2D eigenvalue weighted by atomic mass is 16.3. The van der Waals surface area contributed by atoms with Crippen LogP contribution in [0.3, 0.4) is 0 Å². The molecule has 0 saturated heterocycles. The summed E-state index contributed by atoms with van der Waals surface area (Å²) in [5, 5.41) is 12.2. The maximum Gasteiger partial charge on any atom is 0.223 e. The van der Waals surface area contributed by atoms with E-state index >= 15 is 0 Å². The molecule has 1 atom stereocenters. The molecule has 0 heterocycles. The second-order valence-corrected chi connectivity index (χ2v) is 5.33. The van der Waals surface area contributed by atoms with E-state index in [0.717, 1.165) is 25.7 Å². The molecule has 1 aliphatic carbocycles. The number of amides is 1. The van der Waals surface area contributed by atoms with Crippen LogP contribution in [0.25, 0.3) is 0 Å². The fraction of sp³-hybridized carbons (Fsp3) is 0.562. The summed E-state index contributed by atoms with van der Waals surface area (Å²) in [6.07, 6.45) is 4.93. The van der Waals surface area contributed by atoms with Crippen LogP contribution in [-0.4, -0.2) is 24.2 Å². The molecule has 1 aromatic carbocycles. The van der Waals surface area contributed by atoms with Crippen LogP contribution < -0.4 is 5.32 Å². The molecule has 0 radical (unpaired) electrons. The number of carbonyl (C=O) groups is 1. The molecule has 2 rings (SSSR count). The Labute approximate surface area is 115 Å². The van der Waals surface area contributed by atoms with E-state index in [1.165, 1.54) is 12.0 Å². The monoisotopic (exact) mass is 261 g/mol. The summed E-state index contributed by atoms with van der Waals surface area (Å²) in [7, 11) is 0. The van der Waals surface area contributed by atoms with Crippen LogP contribution in [-0.2, 0) is 4.79 Å². The minimum absolute atomic E-state index is 0.191. The molecule has 1 amide bonds. The first-order valence-corrected chi connectivity index (χ1v) is 7.24. The Morgan fingerprint density at radius 2 is 2.00 bits per heavy atom. The van der Waals surface area contributed by atoms with E-state index in [9.17, 15) is 4.79 Å². The average molecular weight is 261 g/mol. The van der Waals surface area contributed by atoms with Gasteiger partial charge in [-0.05, 0) is 37.2 Å². The van der Waals surface area contributed by atoms with E-state index < -0.39 is 0 Å². The van der Waals surface area contributed by atoms with Gasteiger partial charge < -0.3 is 10.4 Å². The summed E-state index contributed by atoms with van der Waals surface area (Å²) in [6.45, 7) is 0.894. The molecule has 0 bridgehead atoms. The number of hydrogen-bond acceptors (Lipinski definition) is 2. The predicted octanol–water partition coefficient (Wildman–Crippen LogP) is 2.46. The maximum absolute atomic E-state index is 11.7. The number of rotatable bonds is 7. The molecule has 3 heteroatoms. The second kappa shape index (κ2) is 7.29. The van der Waals surface area contributed by atoms with Crippen LogP contribution in [0.1, 0.15) is 43.6 Å². The van der Waals surface area contributed by atoms with E-state index in [0.29, 0.717) is 12.5 Å². The van der Waals surface area contributed by atoms with Gasteiger partial charge in [-0.3, -0.25) is 4.79 Å². The summed E-state index contributed by atoms with van der Waals surface area (Å²) >= 11 is 0. The summed E-state index contributed by atoms with van der Waals surface area (Å²) in [6, 6.07) is 10.2. The Hall–Kier alpha value is -1.35. The lowest BCUT2D eigenvalue weighted by Gasteiger charge is -2.24. The number of nitrogens with one attached hydrogen (secondary N) is 1. The van der Waals surface area contributed by atoms with E-state index in [-0.39, 0.29) is 18.4 Å². The van der Waals surface area contributed by atoms with Crippen molar-refractivity contribution in [3.8, 4) is 0 Å². The summed E-state index contributed by atoms with van der Waals surface area (Å²) in [4.78, 5) is 11.7. The van der Waals surface area contributed by atoms with E-state index in [1.54, 1.807) is 0 Å². The maximum atomic E-state index is 11.7. The highest BCUT2D eigenvalue weighted by Gasteiger charge is 2.24. The third-order valence-electron chi connectivity index (χ3n) is 4.02.